The van der Waals surface area contributed by atoms with Gasteiger partial charge in [-0.2, -0.15) is 0 Å². The van der Waals surface area contributed by atoms with Crippen molar-refractivity contribution in [1.82, 2.24) is 5.32 Å². The average Bonchev–Trinajstić information content (AvgIpc) is 2.81. The lowest BCUT2D eigenvalue weighted by Crippen LogP contribution is -2.28. The van der Waals surface area contributed by atoms with Crippen LogP contribution in [0.15, 0.2) is 24.3 Å². The molecule has 2 heteroatoms. The maximum Gasteiger partial charge on any atom is 0.119 e. The number of methoxy groups -OCH3 is 1. The van der Waals surface area contributed by atoms with E-state index in [9.17, 15) is 0 Å². The molecule has 1 saturated carbocycles. The van der Waals surface area contributed by atoms with Gasteiger partial charge in [-0.1, -0.05) is 18.6 Å². The predicted octanol–water partition coefficient (Wildman–Crippen LogP) is 3.19. The van der Waals surface area contributed by atoms with E-state index < -0.39 is 0 Å². The average molecular weight is 245 g/mol. The number of fused-ring (bicyclic) bond motifs is 1. The van der Waals surface area contributed by atoms with E-state index in [1.807, 2.05) is 6.07 Å². The van der Waals surface area contributed by atoms with Crippen LogP contribution in [0.1, 0.15) is 37.7 Å². The molecule has 0 spiro atoms. The van der Waals surface area contributed by atoms with Crippen LogP contribution >= 0.6 is 0 Å². The normalized spacial score (nSPS) is 35.2. The van der Waals surface area contributed by atoms with Gasteiger partial charge in [-0.15, -0.1) is 0 Å². The second kappa shape index (κ2) is 4.93. The fourth-order valence-corrected chi connectivity index (χ4v) is 3.97. The Labute approximate surface area is 110 Å². The first-order valence-corrected chi connectivity index (χ1v) is 7.17. The minimum atomic E-state index is 0.698. The highest BCUT2D eigenvalue weighted by Gasteiger charge is 2.40. The predicted molar refractivity (Wildman–Crippen MR) is 74.0 cm³/mol. The lowest BCUT2D eigenvalue weighted by Gasteiger charge is -2.35. The molecular formula is C16H23NO. The van der Waals surface area contributed by atoms with Crippen LogP contribution < -0.4 is 10.1 Å². The van der Waals surface area contributed by atoms with E-state index in [2.05, 4.69) is 30.4 Å². The van der Waals surface area contributed by atoms with Crippen molar-refractivity contribution in [3.05, 3.63) is 29.8 Å². The van der Waals surface area contributed by atoms with Gasteiger partial charge in [-0.25, -0.2) is 0 Å². The standard InChI is InChI=1S/C16H23NO/c1-11-14-7-4-8-15(16(14)10-17-11)12-5-3-6-13(9-12)18-2/h3,5-6,9,11,14-17H,4,7-8,10H2,1-2H3/t11?,14-,15?,16?/m1/s1. The van der Waals surface area contributed by atoms with Crippen LogP contribution in [-0.2, 0) is 0 Å². The maximum absolute atomic E-state index is 5.36. The minimum Gasteiger partial charge on any atom is -0.497 e. The molecule has 4 atom stereocenters. The van der Waals surface area contributed by atoms with E-state index in [4.69, 9.17) is 4.74 Å². The summed E-state index contributed by atoms with van der Waals surface area (Å²) in [5.74, 6) is 3.40. The number of rotatable bonds is 2. The molecule has 0 amide bonds. The summed E-state index contributed by atoms with van der Waals surface area (Å²) in [6.45, 7) is 3.53. The van der Waals surface area contributed by atoms with Crippen LogP contribution in [0.5, 0.6) is 5.75 Å². The van der Waals surface area contributed by atoms with E-state index >= 15 is 0 Å². The molecule has 1 saturated heterocycles. The summed E-state index contributed by atoms with van der Waals surface area (Å²) in [5, 5.41) is 3.66. The van der Waals surface area contributed by atoms with Crippen LogP contribution in [0, 0.1) is 11.8 Å². The largest absolute Gasteiger partial charge is 0.497 e. The summed E-state index contributed by atoms with van der Waals surface area (Å²) >= 11 is 0. The number of benzene rings is 1. The first-order valence-electron chi connectivity index (χ1n) is 7.17. The number of ether oxygens (including phenoxy) is 1. The fourth-order valence-electron chi connectivity index (χ4n) is 3.97. The molecule has 1 aromatic rings. The van der Waals surface area contributed by atoms with E-state index in [1.165, 1.54) is 31.4 Å². The van der Waals surface area contributed by atoms with E-state index in [0.717, 1.165) is 23.5 Å². The summed E-state index contributed by atoms with van der Waals surface area (Å²) < 4.78 is 5.36. The smallest absolute Gasteiger partial charge is 0.119 e. The summed E-state index contributed by atoms with van der Waals surface area (Å²) in [6, 6.07) is 9.38. The van der Waals surface area contributed by atoms with Gasteiger partial charge in [0, 0.05) is 6.04 Å². The fraction of sp³-hybridized carbons (Fsp3) is 0.625. The molecule has 0 radical (unpaired) electrons. The van der Waals surface area contributed by atoms with Crippen molar-refractivity contribution < 1.29 is 4.74 Å². The molecular weight excluding hydrogens is 222 g/mol. The molecule has 98 valence electrons. The van der Waals surface area contributed by atoms with Gasteiger partial charge in [-0.3, -0.25) is 0 Å². The molecule has 1 aliphatic carbocycles. The second-order valence-corrected chi connectivity index (χ2v) is 5.84. The van der Waals surface area contributed by atoms with Crippen LogP contribution in [0.25, 0.3) is 0 Å². The Morgan fingerprint density at radius 1 is 1.22 bits per heavy atom. The Bertz CT molecular complexity index is 417. The molecule has 2 aliphatic rings. The van der Waals surface area contributed by atoms with Gasteiger partial charge >= 0.3 is 0 Å². The van der Waals surface area contributed by atoms with Gasteiger partial charge in [0.25, 0.3) is 0 Å². The Kier molecular flexibility index (Phi) is 3.29. The SMILES string of the molecule is COc1cccc(C2CCC[C@@H]3C(C)NCC23)c1. The minimum absolute atomic E-state index is 0.698. The molecule has 1 heterocycles. The molecule has 3 rings (SSSR count). The lowest BCUT2D eigenvalue weighted by atomic mass is 9.69. The molecule has 2 fully saturated rings. The molecule has 2 nitrogen and oxygen atoms in total. The third-order valence-corrected chi connectivity index (χ3v) is 4.96. The third-order valence-electron chi connectivity index (χ3n) is 4.96. The van der Waals surface area contributed by atoms with Crippen molar-refractivity contribution in [2.75, 3.05) is 13.7 Å². The van der Waals surface area contributed by atoms with Crippen molar-refractivity contribution in [1.29, 1.82) is 0 Å². The third kappa shape index (κ3) is 2.03. The molecule has 3 unspecified atom stereocenters. The van der Waals surface area contributed by atoms with Crippen LogP contribution in [-0.4, -0.2) is 19.7 Å². The highest BCUT2D eigenvalue weighted by Crippen LogP contribution is 2.45. The zero-order valence-corrected chi connectivity index (χ0v) is 11.4. The highest BCUT2D eigenvalue weighted by molar-refractivity contribution is 5.32. The topological polar surface area (TPSA) is 21.3 Å². The number of hydrogen-bond acceptors (Lipinski definition) is 2. The summed E-state index contributed by atoms with van der Waals surface area (Å²) in [5.41, 5.74) is 1.47. The van der Waals surface area contributed by atoms with Crippen molar-refractivity contribution >= 4 is 0 Å². The lowest BCUT2D eigenvalue weighted by molar-refractivity contribution is 0.236. The Balaban J connectivity index is 1.86. The van der Waals surface area contributed by atoms with E-state index in [0.29, 0.717) is 6.04 Å². The highest BCUT2D eigenvalue weighted by atomic mass is 16.5. The van der Waals surface area contributed by atoms with Crippen molar-refractivity contribution in [3.8, 4) is 5.75 Å². The van der Waals surface area contributed by atoms with Gasteiger partial charge in [0.2, 0.25) is 0 Å². The molecule has 0 bridgehead atoms. The number of nitrogens with one attached hydrogen (secondary N) is 1. The Hall–Kier alpha value is -1.02. The van der Waals surface area contributed by atoms with Gasteiger partial charge in [-0.05, 0) is 61.8 Å². The van der Waals surface area contributed by atoms with E-state index in [-0.39, 0.29) is 0 Å². The monoisotopic (exact) mass is 245 g/mol. The summed E-state index contributed by atoms with van der Waals surface area (Å²) in [7, 11) is 1.75. The second-order valence-electron chi connectivity index (χ2n) is 5.84. The molecule has 18 heavy (non-hydrogen) atoms. The Morgan fingerprint density at radius 2 is 2.11 bits per heavy atom. The van der Waals surface area contributed by atoms with Crippen molar-refractivity contribution in [2.24, 2.45) is 11.8 Å². The maximum atomic E-state index is 5.36. The zero-order valence-electron chi connectivity index (χ0n) is 11.4. The van der Waals surface area contributed by atoms with Gasteiger partial charge in [0.15, 0.2) is 0 Å². The zero-order chi connectivity index (χ0) is 12.5. The van der Waals surface area contributed by atoms with E-state index in [1.54, 1.807) is 7.11 Å². The van der Waals surface area contributed by atoms with Gasteiger partial charge in [0.1, 0.15) is 5.75 Å². The van der Waals surface area contributed by atoms with Crippen molar-refractivity contribution in [2.45, 2.75) is 38.1 Å². The van der Waals surface area contributed by atoms with Crippen LogP contribution in [0.4, 0.5) is 0 Å². The molecule has 0 aromatic heterocycles. The number of hydrogen-bond donors (Lipinski definition) is 1. The molecule has 1 aliphatic heterocycles. The first kappa shape index (κ1) is 12.0. The van der Waals surface area contributed by atoms with Crippen LogP contribution in [0.3, 0.4) is 0 Å². The van der Waals surface area contributed by atoms with Crippen LogP contribution in [0.2, 0.25) is 0 Å². The van der Waals surface area contributed by atoms with Gasteiger partial charge < -0.3 is 10.1 Å². The summed E-state index contributed by atoms with van der Waals surface area (Å²) in [4.78, 5) is 0. The molecule has 1 N–H and O–H groups in total. The van der Waals surface area contributed by atoms with Gasteiger partial charge in [0.05, 0.1) is 7.11 Å². The molecule has 1 aromatic carbocycles. The summed E-state index contributed by atoms with van der Waals surface area (Å²) in [6.07, 6.45) is 4.11. The first-order chi connectivity index (χ1) is 8.79. The quantitative estimate of drug-likeness (QED) is 0.864. The van der Waals surface area contributed by atoms with Crippen molar-refractivity contribution in [3.63, 3.8) is 0 Å². The Morgan fingerprint density at radius 3 is 2.94 bits per heavy atom.